The topological polar surface area (TPSA) is 42.7 Å². The molecule has 0 aliphatic carbocycles. The molecule has 0 saturated heterocycles. The lowest BCUT2D eigenvalue weighted by molar-refractivity contribution is 0.696. The van der Waals surface area contributed by atoms with Gasteiger partial charge in [0.2, 0.25) is 0 Å². The van der Waals surface area contributed by atoms with E-state index in [0.29, 0.717) is 0 Å². The monoisotopic (exact) mass is 166 g/mol. The maximum atomic E-state index is 4.15. The molecule has 1 N–H and O–H groups in total. The number of aromatic nitrogens is 3. The normalized spacial score (nSPS) is 10.1. The standard InChI is InChI=1S/C8H14N4/c1-3-5-9-6-4-8-10-7-12(2)11-8/h3,7,9H,1,4-6H2,2H3. The first-order valence-corrected chi connectivity index (χ1v) is 3.99. The average molecular weight is 166 g/mol. The van der Waals surface area contributed by atoms with Gasteiger partial charge < -0.3 is 5.32 Å². The molecule has 0 aliphatic heterocycles. The Morgan fingerprint density at radius 1 is 1.75 bits per heavy atom. The van der Waals surface area contributed by atoms with E-state index in [1.165, 1.54) is 0 Å². The summed E-state index contributed by atoms with van der Waals surface area (Å²) in [6.45, 7) is 5.35. The van der Waals surface area contributed by atoms with Crippen molar-refractivity contribution >= 4 is 0 Å². The van der Waals surface area contributed by atoms with E-state index >= 15 is 0 Å². The van der Waals surface area contributed by atoms with E-state index in [4.69, 9.17) is 0 Å². The summed E-state index contributed by atoms with van der Waals surface area (Å²) in [4.78, 5) is 4.10. The van der Waals surface area contributed by atoms with Gasteiger partial charge in [0, 0.05) is 26.6 Å². The quantitative estimate of drug-likeness (QED) is 0.499. The van der Waals surface area contributed by atoms with E-state index in [0.717, 1.165) is 25.3 Å². The molecule has 1 rings (SSSR count). The number of nitrogens with zero attached hydrogens (tertiary/aromatic N) is 3. The number of hydrogen-bond acceptors (Lipinski definition) is 3. The Kier molecular flexibility index (Phi) is 3.47. The van der Waals surface area contributed by atoms with Gasteiger partial charge in [-0.25, -0.2) is 4.98 Å². The molecule has 1 aromatic heterocycles. The van der Waals surface area contributed by atoms with E-state index in [2.05, 4.69) is 22.0 Å². The summed E-state index contributed by atoms with van der Waals surface area (Å²) in [6.07, 6.45) is 4.42. The smallest absolute Gasteiger partial charge is 0.151 e. The van der Waals surface area contributed by atoms with Crippen molar-refractivity contribution < 1.29 is 0 Å². The predicted molar refractivity (Wildman–Crippen MR) is 47.8 cm³/mol. The summed E-state index contributed by atoms with van der Waals surface area (Å²) < 4.78 is 1.71. The fourth-order valence-electron chi connectivity index (χ4n) is 0.903. The number of hydrogen-bond donors (Lipinski definition) is 1. The minimum atomic E-state index is 0.840. The highest BCUT2D eigenvalue weighted by molar-refractivity contribution is 4.82. The van der Waals surface area contributed by atoms with Crippen LogP contribution in [0, 0.1) is 0 Å². The van der Waals surface area contributed by atoms with Crippen LogP contribution in [-0.4, -0.2) is 27.9 Å². The lowest BCUT2D eigenvalue weighted by Crippen LogP contribution is -2.17. The Balaban J connectivity index is 2.19. The highest BCUT2D eigenvalue weighted by Gasteiger charge is 1.96. The van der Waals surface area contributed by atoms with Crippen LogP contribution in [0.25, 0.3) is 0 Å². The summed E-state index contributed by atoms with van der Waals surface area (Å²) >= 11 is 0. The van der Waals surface area contributed by atoms with Crippen LogP contribution in [0.15, 0.2) is 19.0 Å². The maximum absolute atomic E-state index is 4.15. The van der Waals surface area contributed by atoms with Crippen molar-refractivity contribution in [3.8, 4) is 0 Å². The average Bonchev–Trinajstić information content (AvgIpc) is 2.45. The van der Waals surface area contributed by atoms with E-state index in [1.807, 2.05) is 13.1 Å². The lowest BCUT2D eigenvalue weighted by atomic mass is 10.4. The predicted octanol–water partition coefficient (Wildman–Crippen LogP) is 0.133. The second kappa shape index (κ2) is 4.66. The summed E-state index contributed by atoms with van der Waals surface area (Å²) in [5.41, 5.74) is 0. The highest BCUT2D eigenvalue weighted by Crippen LogP contribution is 1.87. The van der Waals surface area contributed by atoms with Gasteiger partial charge in [0.1, 0.15) is 6.33 Å². The number of nitrogens with one attached hydrogen (secondary N) is 1. The van der Waals surface area contributed by atoms with Crippen molar-refractivity contribution in [1.29, 1.82) is 0 Å². The molecule has 0 radical (unpaired) electrons. The molecule has 4 nitrogen and oxygen atoms in total. The van der Waals surface area contributed by atoms with Crippen molar-refractivity contribution in [2.75, 3.05) is 13.1 Å². The van der Waals surface area contributed by atoms with Crippen LogP contribution in [0.3, 0.4) is 0 Å². The molecule has 12 heavy (non-hydrogen) atoms. The summed E-state index contributed by atoms with van der Waals surface area (Å²) in [6, 6.07) is 0. The minimum Gasteiger partial charge on any atom is -0.313 e. The molecular formula is C8H14N4. The summed E-state index contributed by atoms with van der Waals surface area (Å²) in [5.74, 6) is 0.883. The molecule has 0 aliphatic rings. The first-order chi connectivity index (χ1) is 5.83. The second-order valence-electron chi connectivity index (χ2n) is 2.58. The van der Waals surface area contributed by atoms with Gasteiger partial charge in [0.05, 0.1) is 0 Å². The van der Waals surface area contributed by atoms with E-state index in [9.17, 15) is 0 Å². The van der Waals surface area contributed by atoms with Gasteiger partial charge in [0.15, 0.2) is 5.82 Å². The molecule has 0 saturated carbocycles. The molecule has 0 unspecified atom stereocenters. The molecule has 0 atom stereocenters. The van der Waals surface area contributed by atoms with Crippen LogP contribution in [0.2, 0.25) is 0 Å². The van der Waals surface area contributed by atoms with Crippen LogP contribution >= 0.6 is 0 Å². The molecule has 66 valence electrons. The van der Waals surface area contributed by atoms with E-state index in [1.54, 1.807) is 11.0 Å². The number of aryl methyl sites for hydroxylation is 1. The van der Waals surface area contributed by atoms with Crippen molar-refractivity contribution in [3.63, 3.8) is 0 Å². The van der Waals surface area contributed by atoms with E-state index in [-0.39, 0.29) is 0 Å². The van der Waals surface area contributed by atoms with Crippen LogP contribution < -0.4 is 5.32 Å². The molecule has 0 bridgehead atoms. The molecule has 1 aromatic rings. The Hall–Kier alpha value is -1.16. The summed E-state index contributed by atoms with van der Waals surface area (Å²) in [7, 11) is 1.87. The number of rotatable bonds is 5. The third kappa shape index (κ3) is 2.84. The molecule has 4 heteroatoms. The largest absolute Gasteiger partial charge is 0.313 e. The molecule has 0 aromatic carbocycles. The van der Waals surface area contributed by atoms with Gasteiger partial charge in [-0.2, -0.15) is 5.10 Å². The molecule has 0 amide bonds. The fraction of sp³-hybridized carbons (Fsp3) is 0.500. The van der Waals surface area contributed by atoms with E-state index < -0.39 is 0 Å². The van der Waals surface area contributed by atoms with Gasteiger partial charge >= 0.3 is 0 Å². The third-order valence-corrected chi connectivity index (χ3v) is 1.46. The van der Waals surface area contributed by atoms with Crippen molar-refractivity contribution in [2.24, 2.45) is 7.05 Å². The highest BCUT2D eigenvalue weighted by atomic mass is 15.3. The third-order valence-electron chi connectivity index (χ3n) is 1.46. The minimum absolute atomic E-state index is 0.840. The maximum Gasteiger partial charge on any atom is 0.151 e. The van der Waals surface area contributed by atoms with Crippen molar-refractivity contribution in [2.45, 2.75) is 6.42 Å². The zero-order chi connectivity index (χ0) is 8.81. The first-order valence-electron chi connectivity index (χ1n) is 3.99. The van der Waals surface area contributed by atoms with Gasteiger partial charge in [-0.1, -0.05) is 6.08 Å². The van der Waals surface area contributed by atoms with Crippen LogP contribution in [-0.2, 0) is 13.5 Å². The zero-order valence-corrected chi connectivity index (χ0v) is 7.32. The summed E-state index contributed by atoms with van der Waals surface area (Å²) in [5, 5.41) is 7.33. The Labute approximate surface area is 72.3 Å². The second-order valence-corrected chi connectivity index (χ2v) is 2.58. The molecule has 0 spiro atoms. The van der Waals surface area contributed by atoms with Gasteiger partial charge in [-0.15, -0.1) is 6.58 Å². The molecular weight excluding hydrogens is 152 g/mol. The Morgan fingerprint density at radius 3 is 3.17 bits per heavy atom. The van der Waals surface area contributed by atoms with Crippen LogP contribution in [0.5, 0.6) is 0 Å². The fourth-order valence-corrected chi connectivity index (χ4v) is 0.903. The Morgan fingerprint density at radius 2 is 2.58 bits per heavy atom. The molecule has 1 heterocycles. The first kappa shape index (κ1) is 8.93. The lowest BCUT2D eigenvalue weighted by Gasteiger charge is -1.96. The van der Waals surface area contributed by atoms with Gasteiger partial charge in [-0.3, -0.25) is 4.68 Å². The van der Waals surface area contributed by atoms with Gasteiger partial charge in [0.25, 0.3) is 0 Å². The SMILES string of the molecule is C=CCNCCc1ncn(C)n1. The van der Waals surface area contributed by atoms with Crippen molar-refractivity contribution in [1.82, 2.24) is 20.1 Å². The van der Waals surface area contributed by atoms with Crippen LogP contribution in [0.1, 0.15) is 5.82 Å². The zero-order valence-electron chi connectivity index (χ0n) is 7.32. The van der Waals surface area contributed by atoms with Gasteiger partial charge in [-0.05, 0) is 0 Å². The van der Waals surface area contributed by atoms with Crippen LogP contribution in [0.4, 0.5) is 0 Å². The van der Waals surface area contributed by atoms with Crippen molar-refractivity contribution in [3.05, 3.63) is 24.8 Å². The Bertz CT molecular complexity index is 241. The molecule has 0 fully saturated rings.